The number of anilines is 2. The van der Waals surface area contributed by atoms with Crippen LogP contribution in [-0.4, -0.2) is 38.7 Å². The summed E-state index contributed by atoms with van der Waals surface area (Å²) >= 11 is 0. The van der Waals surface area contributed by atoms with E-state index in [-0.39, 0.29) is 5.91 Å². The molecule has 2 heterocycles. The third-order valence-corrected chi connectivity index (χ3v) is 5.19. The molecule has 0 fully saturated rings. The number of aryl methyl sites for hydroxylation is 1. The molecule has 7 heteroatoms. The Bertz CT molecular complexity index is 1140. The van der Waals surface area contributed by atoms with E-state index in [1.54, 1.807) is 23.3 Å². The maximum Gasteiger partial charge on any atom is 0.247 e. The highest BCUT2D eigenvalue weighted by molar-refractivity contribution is 5.97. The van der Waals surface area contributed by atoms with Crippen LogP contribution in [0, 0.1) is 0 Å². The maximum absolute atomic E-state index is 13.4. The highest BCUT2D eigenvalue weighted by atomic mass is 16.2. The summed E-state index contributed by atoms with van der Waals surface area (Å²) in [5.41, 5.74) is 3.87. The molecule has 0 radical (unpaired) electrons. The fourth-order valence-corrected chi connectivity index (χ4v) is 3.53. The average molecular weight is 412 g/mol. The van der Waals surface area contributed by atoms with Gasteiger partial charge in [-0.3, -0.25) is 9.78 Å². The third kappa shape index (κ3) is 4.78. The number of hydrogen-bond acceptors (Lipinski definition) is 5. The van der Waals surface area contributed by atoms with Crippen LogP contribution in [0.4, 0.5) is 11.6 Å². The first-order valence-corrected chi connectivity index (χ1v) is 10.0. The first kappa shape index (κ1) is 20.3. The minimum absolute atomic E-state index is 0.110. The van der Waals surface area contributed by atoms with Crippen molar-refractivity contribution in [2.45, 2.75) is 12.5 Å². The van der Waals surface area contributed by atoms with E-state index < -0.39 is 6.04 Å². The van der Waals surface area contributed by atoms with Gasteiger partial charge in [-0.15, -0.1) is 10.2 Å². The lowest BCUT2D eigenvalue weighted by Gasteiger charge is -2.28. The van der Waals surface area contributed by atoms with Gasteiger partial charge in [0.15, 0.2) is 0 Å². The van der Waals surface area contributed by atoms with Gasteiger partial charge in [-0.2, -0.15) is 0 Å². The topological polar surface area (TPSA) is 75.9 Å². The Morgan fingerprint density at radius 1 is 1.03 bits per heavy atom. The number of rotatable bonds is 7. The molecule has 0 unspecified atom stereocenters. The zero-order valence-corrected chi connectivity index (χ0v) is 17.5. The van der Waals surface area contributed by atoms with Crippen LogP contribution in [-0.2, 0) is 18.3 Å². The lowest BCUT2D eigenvalue weighted by molar-refractivity contribution is -0.117. The standard InChI is InChI=1S/C24H24N6O/c1-29-17-26-28-24(29)30(2)22(15-18-7-4-3-5-8-18)23(31)27-21-10-6-9-20(16-21)19-11-13-25-14-12-19/h3-14,16-17,22H,15H2,1-2H3,(H,27,31)/t22-/m0/s1. The minimum Gasteiger partial charge on any atom is -0.332 e. The van der Waals surface area contributed by atoms with Crippen molar-refractivity contribution in [3.05, 3.63) is 91.0 Å². The second-order valence-corrected chi connectivity index (χ2v) is 7.36. The van der Waals surface area contributed by atoms with Gasteiger partial charge in [-0.1, -0.05) is 42.5 Å². The molecule has 0 bridgehead atoms. The first-order chi connectivity index (χ1) is 15.1. The number of nitrogens with one attached hydrogen (secondary N) is 1. The predicted molar refractivity (Wildman–Crippen MR) is 122 cm³/mol. The van der Waals surface area contributed by atoms with E-state index in [4.69, 9.17) is 0 Å². The summed E-state index contributed by atoms with van der Waals surface area (Å²) in [6.45, 7) is 0. The summed E-state index contributed by atoms with van der Waals surface area (Å²) in [7, 11) is 3.73. The van der Waals surface area contributed by atoms with Crippen LogP contribution in [0.1, 0.15) is 5.56 Å². The van der Waals surface area contributed by atoms with Crippen LogP contribution >= 0.6 is 0 Å². The second kappa shape index (κ2) is 9.21. The summed E-state index contributed by atoms with van der Waals surface area (Å²) in [5, 5.41) is 11.2. The Kier molecular flexibility index (Phi) is 6.03. The highest BCUT2D eigenvalue weighted by Crippen LogP contribution is 2.23. The molecule has 2 aromatic heterocycles. The van der Waals surface area contributed by atoms with E-state index >= 15 is 0 Å². The lowest BCUT2D eigenvalue weighted by atomic mass is 10.0. The third-order valence-electron chi connectivity index (χ3n) is 5.19. The largest absolute Gasteiger partial charge is 0.332 e. The number of carbonyl (C=O) groups excluding carboxylic acids is 1. The fraction of sp³-hybridized carbons (Fsp3) is 0.167. The van der Waals surface area contributed by atoms with E-state index in [0.717, 1.165) is 22.4 Å². The van der Waals surface area contributed by atoms with Gasteiger partial charge in [-0.05, 0) is 41.0 Å². The zero-order valence-electron chi connectivity index (χ0n) is 17.5. The van der Waals surface area contributed by atoms with Gasteiger partial charge in [0, 0.05) is 38.6 Å². The van der Waals surface area contributed by atoms with Crippen molar-refractivity contribution < 1.29 is 4.79 Å². The molecule has 0 aliphatic carbocycles. The monoisotopic (exact) mass is 412 g/mol. The van der Waals surface area contributed by atoms with Crippen molar-refractivity contribution in [2.75, 3.05) is 17.3 Å². The van der Waals surface area contributed by atoms with Crippen molar-refractivity contribution in [1.29, 1.82) is 0 Å². The number of hydrogen-bond donors (Lipinski definition) is 1. The molecule has 1 atom stereocenters. The summed E-state index contributed by atoms with van der Waals surface area (Å²) < 4.78 is 1.80. The summed E-state index contributed by atoms with van der Waals surface area (Å²) in [6.07, 6.45) is 5.68. The predicted octanol–water partition coefficient (Wildman–Crippen LogP) is 3.56. The Morgan fingerprint density at radius 2 is 1.81 bits per heavy atom. The molecule has 1 amide bonds. The van der Waals surface area contributed by atoms with Crippen LogP contribution in [0.2, 0.25) is 0 Å². The van der Waals surface area contributed by atoms with Crippen molar-refractivity contribution in [3.8, 4) is 11.1 Å². The Hall–Kier alpha value is -4.00. The number of benzene rings is 2. The number of aromatic nitrogens is 4. The number of carbonyl (C=O) groups is 1. The van der Waals surface area contributed by atoms with Gasteiger partial charge in [0.25, 0.3) is 0 Å². The molecule has 1 N–H and O–H groups in total. The van der Waals surface area contributed by atoms with Gasteiger partial charge < -0.3 is 14.8 Å². The van der Waals surface area contributed by atoms with Gasteiger partial charge in [0.1, 0.15) is 12.4 Å². The van der Waals surface area contributed by atoms with E-state index in [9.17, 15) is 4.79 Å². The Labute approximate surface area is 181 Å². The van der Waals surface area contributed by atoms with E-state index in [1.807, 2.05) is 85.7 Å². The van der Waals surface area contributed by atoms with Crippen LogP contribution in [0.3, 0.4) is 0 Å². The normalized spacial score (nSPS) is 11.7. The summed E-state index contributed by atoms with van der Waals surface area (Å²) in [6, 6.07) is 21.2. The molecule has 31 heavy (non-hydrogen) atoms. The molecule has 4 rings (SSSR count). The molecule has 0 aliphatic heterocycles. The SMILES string of the molecule is CN(c1nncn1C)[C@@H](Cc1ccccc1)C(=O)Nc1cccc(-c2ccncc2)c1. The molecular formula is C24H24N6O. The fourth-order valence-electron chi connectivity index (χ4n) is 3.53. The van der Waals surface area contributed by atoms with Crippen LogP contribution in [0.5, 0.6) is 0 Å². The molecule has 156 valence electrons. The van der Waals surface area contributed by atoms with E-state index in [1.165, 1.54) is 0 Å². The second-order valence-electron chi connectivity index (χ2n) is 7.36. The number of pyridine rings is 1. The number of likely N-dealkylation sites (N-methyl/N-ethyl adjacent to an activating group) is 1. The molecule has 0 aliphatic rings. The number of amides is 1. The van der Waals surface area contributed by atoms with Crippen molar-refractivity contribution in [1.82, 2.24) is 19.7 Å². The van der Waals surface area contributed by atoms with Crippen molar-refractivity contribution in [3.63, 3.8) is 0 Å². The minimum atomic E-state index is -0.463. The molecule has 0 spiro atoms. The molecule has 7 nitrogen and oxygen atoms in total. The zero-order chi connectivity index (χ0) is 21.6. The smallest absolute Gasteiger partial charge is 0.247 e. The van der Waals surface area contributed by atoms with Crippen LogP contribution in [0.25, 0.3) is 11.1 Å². The van der Waals surface area contributed by atoms with Crippen molar-refractivity contribution in [2.24, 2.45) is 7.05 Å². The molecule has 2 aromatic carbocycles. The van der Waals surface area contributed by atoms with Crippen molar-refractivity contribution >= 4 is 17.5 Å². The molecular weight excluding hydrogens is 388 g/mol. The van der Waals surface area contributed by atoms with Crippen LogP contribution < -0.4 is 10.2 Å². The van der Waals surface area contributed by atoms with E-state index in [2.05, 4.69) is 20.5 Å². The average Bonchev–Trinajstić information content (AvgIpc) is 3.24. The van der Waals surface area contributed by atoms with Gasteiger partial charge in [0.2, 0.25) is 11.9 Å². The Balaban J connectivity index is 1.59. The van der Waals surface area contributed by atoms with Gasteiger partial charge >= 0.3 is 0 Å². The van der Waals surface area contributed by atoms with Gasteiger partial charge in [0.05, 0.1) is 0 Å². The maximum atomic E-state index is 13.4. The highest BCUT2D eigenvalue weighted by Gasteiger charge is 2.26. The summed E-state index contributed by atoms with van der Waals surface area (Å²) in [4.78, 5) is 19.3. The number of nitrogens with zero attached hydrogens (tertiary/aromatic N) is 5. The molecule has 0 saturated carbocycles. The molecule has 4 aromatic rings. The lowest BCUT2D eigenvalue weighted by Crippen LogP contribution is -2.44. The summed E-state index contributed by atoms with van der Waals surface area (Å²) in [5.74, 6) is 0.517. The first-order valence-electron chi connectivity index (χ1n) is 10.0. The van der Waals surface area contributed by atoms with Crippen LogP contribution in [0.15, 0.2) is 85.5 Å². The Morgan fingerprint density at radius 3 is 2.52 bits per heavy atom. The quantitative estimate of drug-likeness (QED) is 0.502. The molecule has 0 saturated heterocycles. The van der Waals surface area contributed by atoms with Gasteiger partial charge in [-0.25, -0.2) is 0 Å². The van der Waals surface area contributed by atoms with E-state index in [0.29, 0.717) is 12.4 Å².